The maximum atomic E-state index is 5.94. The highest BCUT2D eigenvalue weighted by molar-refractivity contribution is 4.99. The minimum atomic E-state index is 0.178. The van der Waals surface area contributed by atoms with Crippen LogP contribution in [-0.2, 0) is 4.74 Å². The number of rotatable bonds is 3. The number of hydrogen-bond donors (Lipinski definition) is 1. The number of hydrogen-bond acceptors (Lipinski definition) is 3. The second-order valence-electron chi connectivity index (χ2n) is 4.63. The summed E-state index contributed by atoms with van der Waals surface area (Å²) in [4.78, 5) is 2.62. The average molecular weight is 198 g/mol. The van der Waals surface area contributed by atoms with Gasteiger partial charge in [-0.3, -0.25) is 4.90 Å². The zero-order valence-corrected chi connectivity index (χ0v) is 9.17. The maximum absolute atomic E-state index is 5.94. The van der Waals surface area contributed by atoms with Crippen LogP contribution < -0.4 is 5.73 Å². The molecule has 0 bridgehead atoms. The summed E-state index contributed by atoms with van der Waals surface area (Å²) in [6.45, 7) is 6.00. The Hall–Kier alpha value is -0.120. The average Bonchev–Trinajstić information content (AvgIpc) is 2.86. The molecule has 0 saturated carbocycles. The van der Waals surface area contributed by atoms with E-state index in [1.54, 1.807) is 0 Å². The Morgan fingerprint density at radius 1 is 1.57 bits per heavy atom. The highest BCUT2D eigenvalue weighted by Gasteiger charge is 2.43. The third kappa shape index (κ3) is 1.58. The van der Waals surface area contributed by atoms with Crippen LogP contribution in [0.1, 0.15) is 32.6 Å². The summed E-state index contributed by atoms with van der Waals surface area (Å²) < 4.78 is 5.53. The van der Waals surface area contributed by atoms with Crippen molar-refractivity contribution in [3.63, 3.8) is 0 Å². The molecule has 0 aromatic carbocycles. The molecule has 2 aliphatic heterocycles. The molecule has 2 rings (SSSR count). The lowest BCUT2D eigenvalue weighted by atomic mass is 9.95. The van der Waals surface area contributed by atoms with Crippen LogP contribution >= 0.6 is 0 Å². The molecule has 3 heteroatoms. The quantitative estimate of drug-likeness (QED) is 0.734. The first-order valence-electron chi connectivity index (χ1n) is 5.87. The highest BCUT2D eigenvalue weighted by Crippen LogP contribution is 2.33. The van der Waals surface area contributed by atoms with Crippen LogP contribution in [-0.4, -0.2) is 42.8 Å². The summed E-state index contributed by atoms with van der Waals surface area (Å²) in [5, 5.41) is 0. The predicted octanol–water partition coefficient (Wildman–Crippen LogP) is 0.979. The van der Waals surface area contributed by atoms with E-state index in [9.17, 15) is 0 Å². The van der Waals surface area contributed by atoms with Gasteiger partial charge in [0.1, 0.15) is 0 Å². The third-order valence-electron chi connectivity index (χ3n) is 3.92. The number of nitrogens with two attached hydrogens (primary N) is 1. The van der Waals surface area contributed by atoms with Gasteiger partial charge in [0.05, 0.1) is 12.1 Å². The molecular weight excluding hydrogens is 176 g/mol. The van der Waals surface area contributed by atoms with Crippen LogP contribution in [0, 0.1) is 0 Å². The molecule has 2 aliphatic rings. The van der Waals surface area contributed by atoms with Crippen LogP contribution in [0.15, 0.2) is 0 Å². The van der Waals surface area contributed by atoms with Gasteiger partial charge in [0.25, 0.3) is 0 Å². The van der Waals surface area contributed by atoms with E-state index in [-0.39, 0.29) is 5.54 Å². The van der Waals surface area contributed by atoms with Crippen molar-refractivity contribution in [2.45, 2.75) is 44.2 Å². The van der Waals surface area contributed by atoms with Gasteiger partial charge in [-0.25, -0.2) is 0 Å². The Morgan fingerprint density at radius 3 is 3.00 bits per heavy atom. The zero-order valence-electron chi connectivity index (χ0n) is 9.17. The van der Waals surface area contributed by atoms with Gasteiger partial charge in [0, 0.05) is 19.2 Å². The molecule has 2 saturated heterocycles. The van der Waals surface area contributed by atoms with Crippen molar-refractivity contribution in [1.29, 1.82) is 0 Å². The van der Waals surface area contributed by atoms with Gasteiger partial charge < -0.3 is 10.5 Å². The minimum Gasteiger partial charge on any atom is -0.379 e. The highest BCUT2D eigenvalue weighted by atomic mass is 16.5. The normalized spacial score (nSPS) is 39.4. The summed E-state index contributed by atoms with van der Waals surface area (Å²) in [5.74, 6) is 0. The van der Waals surface area contributed by atoms with Gasteiger partial charge in [0.2, 0.25) is 0 Å². The van der Waals surface area contributed by atoms with Crippen molar-refractivity contribution in [3.8, 4) is 0 Å². The second-order valence-corrected chi connectivity index (χ2v) is 4.63. The second kappa shape index (κ2) is 4.17. The Kier molecular flexibility index (Phi) is 3.10. The van der Waals surface area contributed by atoms with Crippen molar-refractivity contribution >= 4 is 0 Å². The molecule has 2 unspecified atom stereocenters. The fourth-order valence-electron chi connectivity index (χ4n) is 2.99. The molecule has 0 aromatic rings. The summed E-state index contributed by atoms with van der Waals surface area (Å²) in [6, 6.07) is 0.750. The third-order valence-corrected chi connectivity index (χ3v) is 3.92. The lowest BCUT2D eigenvalue weighted by molar-refractivity contribution is 0.0601. The summed E-state index contributed by atoms with van der Waals surface area (Å²) in [5.41, 5.74) is 6.12. The lowest BCUT2D eigenvalue weighted by Crippen LogP contribution is -2.56. The summed E-state index contributed by atoms with van der Waals surface area (Å²) in [7, 11) is 0. The first-order valence-corrected chi connectivity index (χ1v) is 5.87. The summed E-state index contributed by atoms with van der Waals surface area (Å²) in [6.07, 6.45) is 5.06. The molecule has 2 fully saturated rings. The van der Waals surface area contributed by atoms with Crippen molar-refractivity contribution in [2.75, 3.05) is 26.3 Å². The molecule has 0 radical (unpaired) electrons. The molecule has 0 aromatic heterocycles. The van der Waals surface area contributed by atoms with Gasteiger partial charge in [0.15, 0.2) is 0 Å². The number of nitrogens with zero attached hydrogens (tertiary/aromatic N) is 1. The number of ether oxygens (including phenoxy) is 1. The molecule has 0 spiro atoms. The van der Waals surface area contributed by atoms with Gasteiger partial charge in [-0.2, -0.15) is 0 Å². The molecule has 3 nitrogen and oxygen atoms in total. The van der Waals surface area contributed by atoms with Crippen LogP contribution in [0.5, 0.6) is 0 Å². The van der Waals surface area contributed by atoms with E-state index in [0.717, 1.165) is 32.2 Å². The SMILES string of the molecule is CCC1CCCN1C1(CN)CCOC1. The van der Waals surface area contributed by atoms with Crippen LogP contribution in [0.3, 0.4) is 0 Å². The Balaban J connectivity index is 2.10. The molecule has 2 atom stereocenters. The Labute approximate surface area is 86.6 Å². The van der Waals surface area contributed by atoms with E-state index < -0.39 is 0 Å². The van der Waals surface area contributed by atoms with E-state index in [1.165, 1.54) is 25.8 Å². The first-order chi connectivity index (χ1) is 6.82. The van der Waals surface area contributed by atoms with E-state index in [1.807, 2.05) is 0 Å². The predicted molar refractivity (Wildman–Crippen MR) is 57.2 cm³/mol. The van der Waals surface area contributed by atoms with Gasteiger partial charge in [-0.05, 0) is 32.2 Å². The molecule has 2 heterocycles. The van der Waals surface area contributed by atoms with Gasteiger partial charge in [-0.15, -0.1) is 0 Å². The van der Waals surface area contributed by atoms with Crippen molar-refractivity contribution in [2.24, 2.45) is 5.73 Å². The smallest absolute Gasteiger partial charge is 0.0663 e. The lowest BCUT2D eigenvalue weighted by Gasteiger charge is -2.40. The molecule has 2 N–H and O–H groups in total. The molecular formula is C11H22N2O. The fraction of sp³-hybridized carbons (Fsp3) is 1.00. The fourth-order valence-corrected chi connectivity index (χ4v) is 2.99. The zero-order chi connectivity index (χ0) is 10.0. The minimum absolute atomic E-state index is 0.178. The summed E-state index contributed by atoms with van der Waals surface area (Å²) >= 11 is 0. The largest absolute Gasteiger partial charge is 0.379 e. The van der Waals surface area contributed by atoms with Crippen LogP contribution in [0.25, 0.3) is 0 Å². The first kappa shape index (κ1) is 10.4. The molecule has 82 valence electrons. The van der Waals surface area contributed by atoms with E-state index in [0.29, 0.717) is 0 Å². The van der Waals surface area contributed by atoms with Crippen LogP contribution in [0.4, 0.5) is 0 Å². The number of likely N-dealkylation sites (tertiary alicyclic amines) is 1. The van der Waals surface area contributed by atoms with Gasteiger partial charge in [-0.1, -0.05) is 6.92 Å². The maximum Gasteiger partial charge on any atom is 0.0663 e. The van der Waals surface area contributed by atoms with Crippen LogP contribution in [0.2, 0.25) is 0 Å². The van der Waals surface area contributed by atoms with Crippen molar-refractivity contribution in [1.82, 2.24) is 4.90 Å². The van der Waals surface area contributed by atoms with E-state index in [4.69, 9.17) is 10.5 Å². The van der Waals surface area contributed by atoms with Gasteiger partial charge >= 0.3 is 0 Å². The Morgan fingerprint density at radius 2 is 2.43 bits per heavy atom. The standard InChI is InChI=1S/C11H22N2O/c1-2-10-4-3-6-13(10)11(8-12)5-7-14-9-11/h10H,2-9,12H2,1H3. The topological polar surface area (TPSA) is 38.5 Å². The molecule has 0 aliphatic carbocycles. The monoisotopic (exact) mass is 198 g/mol. The Bertz CT molecular complexity index is 190. The van der Waals surface area contributed by atoms with E-state index >= 15 is 0 Å². The molecule has 14 heavy (non-hydrogen) atoms. The van der Waals surface area contributed by atoms with Crippen molar-refractivity contribution < 1.29 is 4.74 Å². The molecule has 0 amide bonds. The van der Waals surface area contributed by atoms with E-state index in [2.05, 4.69) is 11.8 Å². The van der Waals surface area contributed by atoms with Crippen molar-refractivity contribution in [3.05, 3.63) is 0 Å².